The number of carbonyl (C=O) groups is 1. The fraction of sp³-hybridized carbons (Fsp3) is 0.533. The van der Waals surface area contributed by atoms with E-state index in [1.54, 1.807) is 9.25 Å². The SMILES string of the molecule is Cc1nn(C)c(C)c1NC(=O)Cn1c2c(sc1=O)CCCC2. The van der Waals surface area contributed by atoms with Gasteiger partial charge < -0.3 is 5.32 Å². The molecule has 3 rings (SSSR count). The summed E-state index contributed by atoms with van der Waals surface area (Å²) in [5.41, 5.74) is 3.49. The number of hydrogen-bond donors (Lipinski definition) is 1. The number of nitrogens with one attached hydrogen (secondary N) is 1. The first kappa shape index (κ1) is 15.0. The molecular weight excluding hydrogens is 300 g/mol. The monoisotopic (exact) mass is 320 g/mol. The first-order valence-corrected chi connectivity index (χ1v) is 8.30. The Labute approximate surface area is 132 Å². The summed E-state index contributed by atoms with van der Waals surface area (Å²) < 4.78 is 3.37. The zero-order chi connectivity index (χ0) is 15.9. The highest BCUT2D eigenvalue weighted by Gasteiger charge is 2.20. The molecule has 0 spiro atoms. The Morgan fingerprint density at radius 2 is 2.05 bits per heavy atom. The summed E-state index contributed by atoms with van der Waals surface area (Å²) in [5, 5.41) is 7.18. The average molecular weight is 320 g/mol. The molecule has 1 N–H and O–H groups in total. The maximum absolute atomic E-state index is 12.3. The van der Waals surface area contributed by atoms with Gasteiger partial charge in [-0.15, -0.1) is 0 Å². The van der Waals surface area contributed by atoms with Gasteiger partial charge in [0.2, 0.25) is 5.91 Å². The maximum Gasteiger partial charge on any atom is 0.308 e. The zero-order valence-electron chi connectivity index (χ0n) is 13.1. The van der Waals surface area contributed by atoms with E-state index >= 15 is 0 Å². The predicted molar refractivity (Wildman–Crippen MR) is 86.5 cm³/mol. The average Bonchev–Trinajstić information content (AvgIpc) is 2.91. The Bertz CT molecular complexity index is 784. The van der Waals surface area contributed by atoms with Crippen LogP contribution < -0.4 is 10.2 Å². The van der Waals surface area contributed by atoms with Crippen molar-refractivity contribution in [3.63, 3.8) is 0 Å². The van der Waals surface area contributed by atoms with Gasteiger partial charge in [0.15, 0.2) is 0 Å². The summed E-state index contributed by atoms with van der Waals surface area (Å²) >= 11 is 1.29. The molecule has 1 amide bonds. The molecule has 0 radical (unpaired) electrons. The molecule has 118 valence electrons. The second kappa shape index (κ2) is 5.72. The Balaban J connectivity index is 1.80. The van der Waals surface area contributed by atoms with Crippen LogP contribution in [-0.4, -0.2) is 20.3 Å². The van der Waals surface area contributed by atoms with Gasteiger partial charge in [0.05, 0.1) is 17.1 Å². The Morgan fingerprint density at radius 3 is 2.73 bits per heavy atom. The van der Waals surface area contributed by atoms with Crippen molar-refractivity contribution in [2.24, 2.45) is 7.05 Å². The second-order valence-electron chi connectivity index (χ2n) is 5.75. The number of carbonyl (C=O) groups excluding carboxylic acids is 1. The molecule has 0 atom stereocenters. The van der Waals surface area contributed by atoms with E-state index < -0.39 is 0 Å². The van der Waals surface area contributed by atoms with Crippen molar-refractivity contribution in [1.82, 2.24) is 14.3 Å². The van der Waals surface area contributed by atoms with Crippen LogP contribution in [0, 0.1) is 13.8 Å². The minimum atomic E-state index is -0.174. The second-order valence-corrected chi connectivity index (χ2v) is 6.79. The number of rotatable bonds is 3. The van der Waals surface area contributed by atoms with Crippen molar-refractivity contribution in [1.29, 1.82) is 0 Å². The lowest BCUT2D eigenvalue weighted by Crippen LogP contribution is -2.26. The van der Waals surface area contributed by atoms with E-state index in [1.165, 1.54) is 11.3 Å². The van der Waals surface area contributed by atoms with E-state index in [2.05, 4.69) is 10.4 Å². The van der Waals surface area contributed by atoms with Crippen LogP contribution >= 0.6 is 11.3 Å². The molecular formula is C15H20N4O2S. The molecule has 0 saturated heterocycles. The maximum atomic E-state index is 12.3. The number of aromatic nitrogens is 3. The molecule has 2 aromatic heterocycles. The quantitative estimate of drug-likeness (QED) is 0.937. The smallest absolute Gasteiger partial charge is 0.308 e. The number of thiazole rings is 1. The number of fused-ring (bicyclic) bond motifs is 1. The normalized spacial score (nSPS) is 14.0. The van der Waals surface area contributed by atoms with Gasteiger partial charge in [-0.05, 0) is 39.5 Å². The van der Waals surface area contributed by atoms with Crippen molar-refractivity contribution in [2.45, 2.75) is 46.1 Å². The Hall–Kier alpha value is -1.89. The predicted octanol–water partition coefficient (Wildman–Crippen LogP) is 1.78. The van der Waals surface area contributed by atoms with Crippen molar-refractivity contribution in [3.8, 4) is 0 Å². The van der Waals surface area contributed by atoms with Gasteiger partial charge in [-0.2, -0.15) is 5.10 Å². The molecule has 2 aromatic rings. The fourth-order valence-corrected chi connectivity index (χ4v) is 4.04. The van der Waals surface area contributed by atoms with Crippen molar-refractivity contribution in [2.75, 3.05) is 5.32 Å². The summed E-state index contributed by atoms with van der Waals surface area (Å²) in [6.07, 6.45) is 4.08. The van der Waals surface area contributed by atoms with Crippen molar-refractivity contribution in [3.05, 3.63) is 31.6 Å². The van der Waals surface area contributed by atoms with Crippen LogP contribution in [0.5, 0.6) is 0 Å². The van der Waals surface area contributed by atoms with Crippen LogP contribution in [0.25, 0.3) is 0 Å². The van der Waals surface area contributed by atoms with Crippen LogP contribution in [0.4, 0.5) is 5.69 Å². The Kier molecular flexibility index (Phi) is 3.90. The first-order valence-electron chi connectivity index (χ1n) is 7.49. The molecule has 6 nitrogen and oxygen atoms in total. The van der Waals surface area contributed by atoms with Crippen LogP contribution in [0.3, 0.4) is 0 Å². The third-order valence-corrected chi connectivity index (χ3v) is 5.30. The summed E-state index contributed by atoms with van der Waals surface area (Å²) in [5.74, 6) is -0.174. The molecule has 22 heavy (non-hydrogen) atoms. The van der Waals surface area contributed by atoms with E-state index in [4.69, 9.17) is 0 Å². The number of amides is 1. The highest BCUT2D eigenvalue weighted by atomic mass is 32.1. The van der Waals surface area contributed by atoms with E-state index in [0.29, 0.717) is 0 Å². The van der Waals surface area contributed by atoms with Gasteiger partial charge in [0.25, 0.3) is 0 Å². The van der Waals surface area contributed by atoms with Crippen LogP contribution in [0.2, 0.25) is 0 Å². The van der Waals surface area contributed by atoms with Crippen LogP contribution in [0.15, 0.2) is 4.79 Å². The van der Waals surface area contributed by atoms with Crippen LogP contribution in [-0.2, 0) is 31.2 Å². The van der Waals surface area contributed by atoms with Gasteiger partial charge >= 0.3 is 4.87 Å². The number of nitrogens with zero attached hydrogens (tertiary/aromatic N) is 3. The third-order valence-electron chi connectivity index (χ3n) is 4.22. The zero-order valence-corrected chi connectivity index (χ0v) is 13.9. The largest absolute Gasteiger partial charge is 0.321 e. The van der Waals surface area contributed by atoms with E-state index in [9.17, 15) is 9.59 Å². The Morgan fingerprint density at radius 1 is 1.32 bits per heavy atom. The van der Waals surface area contributed by atoms with E-state index in [-0.39, 0.29) is 17.3 Å². The van der Waals surface area contributed by atoms with Gasteiger partial charge in [-0.3, -0.25) is 18.8 Å². The van der Waals surface area contributed by atoms with Gasteiger partial charge in [0.1, 0.15) is 6.54 Å². The summed E-state index contributed by atoms with van der Waals surface area (Å²) in [6, 6.07) is 0. The molecule has 2 heterocycles. The lowest BCUT2D eigenvalue weighted by molar-refractivity contribution is -0.116. The standard InChI is InChI=1S/C15H20N4O2S/c1-9-14(10(2)18(3)17-9)16-13(20)8-19-11-6-4-5-7-12(11)22-15(19)21/h4-8H2,1-3H3,(H,16,20). The number of aryl methyl sites for hydroxylation is 3. The first-order chi connectivity index (χ1) is 10.5. The summed E-state index contributed by atoms with van der Waals surface area (Å²) in [6.45, 7) is 3.86. The van der Waals surface area contributed by atoms with Gasteiger partial charge in [-0.25, -0.2) is 0 Å². The molecule has 0 aromatic carbocycles. The molecule has 1 aliphatic carbocycles. The summed E-state index contributed by atoms with van der Waals surface area (Å²) in [4.78, 5) is 25.6. The lowest BCUT2D eigenvalue weighted by Gasteiger charge is -2.14. The minimum absolute atomic E-state index is 0.0262. The third kappa shape index (κ3) is 2.61. The molecule has 0 bridgehead atoms. The molecule has 1 aliphatic rings. The van der Waals surface area contributed by atoms with Gasteiger partial charge in [-0.1, -0.05) is 11.3 Å². The highest BCUT2D eigenvalue weighted by molar-refractivity contribution is 7.09. The molecule has 7 heteroatoms. The van der Waals surface area contributed by atoms with E-state index in [0.717, 1.165) is 53.3 Å². The highest BCUT2D eigenvalue weighted by Crippen LogP contribution is 2.23. The molecule has 0 saturated carbocycles. The van der Waals surface area contributed by atoms with Crippen molar-refractivity contribution < 1.29 is 4.79 Å². The van der Waals surface area contributed by atoms with E-state index in [1.807, 2.05) is 20.9 Å². The lowest BCUT2D eigenvalue weighted by atomic mass is 10.0. The molecule has 0 fully saturated rings. The number of anilines is 1. The number of hydrogen-bond acceptors (Lipinski definition) is 4. The molecule has 0 unspecified atom stereocenters. The minimum Gasteiger partial charge on any atom is -0.321 e. The fourth-order valence-electron chi connectivity index (χ4n) is 2.96. The topological polar surface area (TPSA) is 68.9 Å². The summed E-state index contributed by atoms with van der Waals surface area (Å²) in [7, 11) is 1.84. The van der Waals surface area contributed by atoms with Crippen molar-refractivity contribution >= 4 is 22.9 Å². The van der Waals surface area contributed by atoms with Crippen LogP contribution in [0.1, 0.15) is 34.8 Å². The van der Waals surface area contributed by atoms with Gasteiger partial charge in [0, 0.05) is 17.6 Å². The molecule has 0 aliphatic heterocycles.